The van der Waals surface area contributed by atoms with Crippen molar-refractivity contribution in [3.63, 3.8) is 0 Å². The SMILES string of the molecule is COc1cc([C@@H]2OC(=O)[C@@H]3[C@H]2C(=O)O[C@H]3c2cc(OC)c(O)c(C(C)(C)C)c2)cc(C(C)(C)C)c1O. The highest BCUT2D eigenvalue weighted by molar-refractivity contribution is 5.90. The number of ether oxygens (including phenoxy) is 4. The van der Waals surface area contributed by atoms with Crippen LogP contribution in [-0.2, 0) is 29.9 Å². The summed E-state index contributed by atoms with van der Waals surface area (Å²) in [6.07, 6.45) is -1.78. The Balaban J connectivity index is 1.79. The molecule has 2 aromatic carbocycles. The first-order valence-corrected chi connectivity index (χ1v) is 11.9. The normalized spacial score (nSPS) is 23.8. The van der Waals surface area contributed by atoms with E-state index in [0.29, 0.717) is 22.3 Å². The fraction of sp³-hybridized carbons (Fsp3) is 0.500. The van der Waals surface area contributed by atoms with E-state index in [-0.39, 0.29) is 23.0 Å². The van der Waals surface area contributed by atoms with Gasteiger partial charge in [0.25, 0.3) is 0 Å². The molecule has 2 saturated heterocycles. The number of carbonyl (C=O) groups excluding carboxylic acids is 2. The maximum atomic E-state index is 13.2. The second kappa shape index (κ2) is 8.61. The fourth-order valence-corrected chi connectivity index (χ4v) is 5.06. The Labute approximate surface area is 211 Å². The van der Waals surface area contributed by atoms with E-state index in [9.17, 15) is 19.8 Å². The molecule has 2 aliphatic heterocycles. The predicted octanol–water partition coefficient (Wildman–Crippen LogP) is 4.84. The van der Waals surface area contributed by atoms with Gasteiger partial charge in [-0.05, 0) is 46.2 Å². The van der Waals surface area contributed by atoms with Gasteiger partial charge in [0.2, 0.25) is 0 Å². The minimum atomic E-state index is -0.892. The second-order valence-electron chi connectivity index (χ2n) is 11.5. The zero-order chi connectivity index (χ0) is 26.7. The molecule has 0 amide bonds. The Hall–Kier alpha value is -3.42. The average Bonchev–Trinajstić information content (AvgIpc) is 3.30. The smallest absolute Gasteiger partial charge is 0.314 e. The van der Waals surface area contributed by atoms with Crippen molar-refractivity contribution in [1.82, 2.24) is 0 Å². The first-order chi connectivity index (χ1) is 16.7. The molecule has 4 atom stereocenters. The second-order valence-corrected chi connectivity index (χ2v) is 11.5. The van der Waals surface area contributed by atoms with Gasteiger partial charge < -0.3 is 29.2 Å². The van der Waals surface area contributed by atoms with E-state index in [1.807, 2.05) is 41.5 Å². The Morgan fingerprint density at radius 2 is 1.00 bits per heavy atom. The molecule has 8 heteroatoms. The summed E-state index contributed by atoms with van der Waals surface area (Å²) in [7, 11) is 2.89. The van der Waals surface area contributed by atoms with Crippen LogP contribution in [0.25, 0.3) is 0 Å². The van der Waals surface area contributed by atoms with Gasteiger partial charge in [0.1, 0.15) is 24.0 Å². The molecule has 36 heavy (non-hydrogen) atoms. The van der Waals surface area contributed by atoms with Gasteiger partial charge >= 0.3 is 11.9 Å². The molecule has 4 rings (SSSR count). The molecule has 0 radical (unpaired) electrons. The topological polar surface area (TPSA) is 112 Å². The number of methoxy groups -OCH3 is 2. The lowest BCUT2D eigenvalue weighted by Crippen LogP contribution is -2.20. The number of benzene rings is 2. The van der Waals surface area contributed by atoms with E-state index < -0.39 is 46.8 Å². The Bertz CT molecular complexity index is 1120. The lowest BCUT2D eigenvalue weighted by atomic mass is 9.80. The number of phenols is 2. The monoisotopic (exact) mass is 498 g/mol. The van der Waals surface area contributed by atoms with Gasteiger partial charge in [-0.2, -0.15) is 0 Å². The van der Waals surface area contributed by atoms with Crippen molar-refractivity contribution in [3.05, 3.63) is 46.5 Å². The third-order valence-electron chi connectivity index (χ3n) is 6.98. The standard InChI is InChI=1S/C28H34O8/c1-27(2,3)15-9-13(11-17(33-7)21(15)29)23-19-20(26(32)35-23)24(36-25(19)31)14-10-16(28(4,5)6)22(30)18(12-14)34-8/h9-12,19-20,23-24,29-30H,1-8H3/t19-,20-,23+,24+/m1/s1. The van der Waals surface area contributed by atoms with Gasteiger partial charge in [-0.1, -0.05) is 41.5 Å². The number of hydrogen-bond acceptors (Lipinski definition) is 8. The van der Waals surface area contributed by atoms with Crippen LogP contribution in [0, 0.1) is 11.8 Å². The van der Waals surface area contributed by atoms with E-state index in [1.165, 1.54) is 14.2 Å². The van der Waals surface area contributed by atoms with Crippen LogP contribution in [0.4, 0.5) is 0 Å². The quantitative estimate of drug-likeness (QED) is 0.576. The number of rotatable bonds is 4. The predicted molar refractivity (Wildman–Crippen MR) is 131 cm³/mol. The maximum absolute atomic E-state index is 13.2. The van der Waals surface area contributed by atoms with E-state index in [2.05, 4.69) is 0 Å². The molecule has 8 nitrogen and oxygen atoms in total. The summed E-state index contributed by atoms with van der Waals surface area (Å²) >= 11 is 0. The van der Waals surface area contributed by atoms with E-state index in [0.717, 1.165) is 0 Å². The molecule has 0 bridgehead atoms. The van der Waals surface area contributed by atoms with Crippen LogP contribution in [0.3, 0.4) is 0 Å². The van der Waals surface area contributed by atoms with Crippen molar-refractivity contribution in [2.75, 3.05) is 14.2 Å². The number of carbonyl (C=O) groups is 2. The molecular weight excluding hydrogens is 464 g/mol. The van der Waals surface area contributed by atoms with Gasteiger partial charge in [-0.25, -0.2) is 0 Å². The van der Waals surface area contributed by atoms with Crippen molar-refractivity contribution in [2.45, 2.75) is 64.6 Å². The van der Waals surface area contributed by atoms with Crippen molar-refractivity contribution < 1.29 is 38.7 Å². The van der Waals surface area contributed by atoms with Gasteiger partial charge in [0.15, 0.2) is 23.0 Å². The van der Waals surface area contributed by atoms with Crippen LogP contribution in [0.15, 0.2) is 24.3 Å². The van der Waals surface area contributed by atoms with Crippen LogP contribution in [-0.4, -0.2) is 36.4 Å². The number of esters is 2. The number of cyclic esters (lactones) is 2. The molecule has 0 aromatic heterocycles. The molecule has 2 heterocycles. The minimum Gasteiger partial charge on any atom is -0.504 e. The Kier molecular flexibility index (Phi) is 6.14. The Morgan fingerprint density at radius 3 is 1.28 bits per heavy atom. The number of aromatic hydroxyl groups is 2. The lowest BCUT2D eigenvalue weighted by Gasteiger charge is -2.24. The summed E-state index contributed by atoms with van der Waals surface area (Å²) in [5.74, 6) is -2.36. The number of fused-ring (bicyclic) bond motifs is 1. The highest BCUT2D eigenvalue weighted by Gasteiger charge is 2.60. The summed E-state index contributed by atoms with van der Waals surface area (Å²) in [6.45, 7) is 11.7. The van der Waals surface area contributed by atoms with Crippen LogP contribution in [0.1, 0.15) is 76.0 Å². The van der Waals surface area contributed by atoms with Gasteiger partial charge in [-0.3, -0.25) is 9.59 Å². The van der Waals surface area contributed by atoms with Crippen LogP contribution < -0.4 is 9.47 Å². The summed E-state index contributed by atoms with van der Waals surface area (Å²) < 4.78 is 22.3. The zero-order valence-corrected chi connectivity index (χ0v) is 22.0. The molecule has 0 spiro atoms. The Morgan fingerprint density at radius 1 is 0.667 bits per heavy atom. The van der Waals surface area contributed by atoms with Crippen molar-refractivity contribution >= 4 is 11.9 Å². The van der Waals surface area contributed by atoms with Gasteiger partial charge in [-0.15, -0.1) is 0 Å². The molecular formula is C28H34O8. The summed E-state index contributed by atoms with van der Waals surface area (Å²) in [6, 6.07) is 6.68. The zero-order valence-electron chi connectivity index (χ0n) is 22.0. The fourth-order valence-electron chi connectivity index (χ4n) is 5.06. The number of hydrogen-bond donors (Lipinski definition) is 2. The first-order valence-electron chi connectivity index (χ1n) is 11.9. The lowest BCUT2D eigenvalue weighted by molar-refractivity contribution is -0.154. The third-order valence-corrected chi connectivity index (χ3v) is 6.98. The van der Waals surface area contributed by atoms with E-state index in [4.69, 9.17) is 18.9 Å². The molecule has 2 aromatic rings. The third kappa shape index (κ3) is 4.12. The van der Waals surface area contributed by atoms with Crippen LogP contribution in [0.5, 0.6) is 23.0 Å². The highest BCUT2D eigenvalue weighted by Crippen LogP contribution is 2.54. The molecule has 0 saturated carbocycles. The largest absolute Gasteiger partial charge is 0.504 e. The average molecular weight is 499 g/mol. The van der Waals surface area contributed by atoms with E-state index in [1.54, 1.807) is 24.3 Å². The van der Waals surface area contributed by atoms with E-state index >= 15 is 0 Å². The molecule has 194 valence electrons. The summed E-state index contributed by atoms with van der Waals surface area (Å²) in [5, 5.41) is 21.4. The van der Waals surface area contributed by atoms with Crippen molar-refractivity contribution in [2.24, 2.45) is 11.8 Å². The molecule has 2 N–H and O–H groups in total. The van der Waals surface area contributed by atoms with Crippen LogP contribution >= 0.6 is 0 Å². The van der Waals surface area contributed by atoms with Crippen LogP contribution in [0.2, 0.25) is 0 Å². The van der Waals surface area contributed by atoms with Crippen molar-refractivity contribution in [3.8, 4) is 23.0 Å². The summed E-state index contributed by atoms with van der Waals surface area (Å²) in [4.78, 5) is 26.3. The summed E-state index contributed by atoms with van der Waals surface area (Å²) in [5.41, 5.74) is 1.45. The van der Waals surface area contributed by atoms with Gasteiger partial charge in [0.05, 0.1) is 14.2 Å². The van der Waals surface area contributed by atoms with Gasteiger partial charge in [0, 0.05) is 11.1 Å². The van der Waals surface area contributed by atoms with Crippen molar-refractivity contribution in [1.29, 1.82) is 0 Å². The number of phenolic OH excluding ortho intramolecular Hbond substituents is 2. The highest BCUT2D eigenvalue weighted by atomic mass is 16.6. The molecule has 0 unspecified atom stereocenters. The molecule has 0 aliphatic carbocycles. The minimum absolute atomic E-state index is 0.00685. The molecule has 2 fully saturated rings. The molecule has 2 aliphatic rings. The first kappa shape index (κ1) is 25.7. The maximum Gasteiger partial charge on any atom is 0.314 e.